The van der Waals surface area contributed by atoms with E-state index >= 15 is 0 Å². The Morgan fingerprint density at radius 3 is 2.45 bits per heavy atom. The molecule has 1 atom stereocenters. The van der Waals surface area contributed by atoms with Crippen LogP contribution in [-0.2, 0) is 16.1 Å². The van der Waals surface area contributed by atoms with Crippen LogP contribution in [0, 0.1) is 11.3 Å². The number of nitrogens with zero attached hydrogens (tertiary/aromatic N) is 2. The van der Waals surface area contributed by atoms with Gasteiger partial charge >= 0.3 is 11.7 Å². The zero-order chi connectivity index (χ0) is 22.6. The van der Waals surface area contributed by atoms with Crippen LogP contribution in [0.1, 0.15) is 33.6 Å². The normalized spacial score (nSPS) is 16.3. The van der Waals surface area contributed by atoms with Crippen molar-refractivity contribution in [1.29, 1.82) is 0 Å². The monoisotopic (exact) mass is 432 g/mol. The molecular weight excluding hydrogens is 400 g/mol. The van der Waals surface area contributed by atoms with Gasteiger partial charge in [-0.2, -0.15) is 0 Å². The van der Waals surface area contributed by atoms with E-state index < -0.39 is 29.1 Å². The highest BCUT2D eigenvalue weighted by atomic mass is 16.5. The predicted molar refractivity (Wildman–Crippen MR) is 117 cm³/mol. The molecule has 2 amide bonds. The van der Waals surface area contributed by atoms with Gasteiger partial charge in [-0.05, 0) is 36.3 Å². The minimum atomic E-state index is -0.879. The number of imidazole rings is 1. The number of rotatable bonds is 6. The maximum Gasteiger partial charge on any atom is 0.337 e. The molecule has 1 fully saturated rings. The van der Waals surface area contributed by atoms with Gasteiger partial charge in [-0.3, -0.25) is 9.36 Å². The van der Waals surface area contributed by atoms with Crippen molar-refractivity contribution in [3.05, 3.63) is 34.7 Å². The van der Waals surface area contributed by atoms with Crippen molar-refractivity contribution in [2.75, 3.05) is 26.4 Å². The minimum absolute atomic E-state index is 0.0889. The largest absolute Gasteiger partial charge is 0.395 e. The number of benzene rings is 1. The third kappa shape index (κ3) is 5.16. The summed E-state index contributed by atoms with van der Waals surface area (Å²) in [4.78, 5) is 39.1. The molecule has 1 aromatic heterocycles. The van der Waals surface area contributed by atoms with Gasteiger partial charge in [-0.15, -0.1) is 0 Å². The highest BCUT2D eigenvalue weighted by molar-refractivity contribution is 5.93. The average Bonchev–Trinajstić information content (AvgIpc) is 3.01. The molecule has 0 aliphatic carbocycles. The van der Waals surface area contributed by atoms with Crippen molar-refractivity contribution >= 4 is 23.0 Å². The van der Waals surface area contributed by atoms with Crippen molar-refractivity contribution in [1.82, 2.24) is 19.8 Å². The molecule has 9 heteroatoms. The predicted octanol–water partition coefficient (Wildman–Crippen LogP) is 1.31. The second kappa shape index (κ2) is 9.65. The number of aromatic nitrogens is 2. The first kappa shape index (κ1) is 23.0. The Morgan fingerprint density at radius 2 is 1.84 bits per heavy atom. The lowest BCUT2D eigenvalue weighted by Gasteiger charge is -2.30. The van der Waals surface area contributed by atoms with Crippen LogP contribution in [0.2, 0.25) is 0 Å². The maximum absolute atomic E-state index is 13.3. The average molecular weight is 433 g/mol. The first-order chi connectivity index (χ1) is 14.7. The lowest BCUT2D eigenvalue weighted by Crippen LogP contribution is -2.55. The number of hydrogen-bond donors (Lipinski definition) is 3. The van der Waals surface area contributed by atoms with Crippen molar-refractivity contribution in [3.63, 3.8) is 0 Å². The van der Waals surface area contributed by atoms with Crippen LogP contribution >= 0.6 is 0 Å². The van der Waals surface area contributed by atoms with Crippen molar-refractivity contribution in [2.45, 2.75) is 46.2 Å². The Morgan fingerprint density at radius 1 is 1.19 bits per heavy atom. The third-order valence-electron chi connectivity index (χ3n) is 5.63. The molecule has 1 aliphatic rings. The van der Waals surface area contributed by atoms with E-state index in [0.717, 1.165) is 17.4 Å². The van der Waals surface area contributed by atoms with E-state index in [9.17, 15) is 14.4 Å². The van der Waals surface area contributed by atoms with Gasteiger partial charge in [0.25, 0.3) is 0 Å². The van der Waals surface area contributed by atoms with Crippen molar-refractivity contribution < 1.29 is 19.4 Å². The molecule has 1 aliphatic heterocycles. The Labute approximate surface area is 181 Å². The molecular formula is C22H32N4O5. The number of para-hydroxylation sites is 2. The van der Waals surface area contributed by atoms with Gasteiger partial charge in [-0.25, -0.2) is 14.2 Å². The molecule has 0 unspecified atom stereocenters. The van der Waals surface area contributed by atoms with E-state index in [4.69, 9.17) is 9.84 Å². The first-order valence-electron chi connectivity index (χ1n) is 10.7. The number of nitrogens with one attached hydrogen (secondary N) is 2. The number of hydrogen-bond acceptors (Lipinski definition) is 5. The summed E-state index contributed by atoms with van der Waals surface area (Å²) in [6.45, 7) is 7.24. The van der Waals surface area contributed by atoms with Gasteiger partial charge in [0.05, 0.1) is 17.6 Å². The van der Waals surface area contributed by atoms with Crippen LogP contribution in [0.4, 0.5) is 4.79 Å². The van der Waals surface area contributed by atoms with Gasteiger partial charge in [0.2, 0.25) is 5.91 Å². The van der Waals surface area contributed by atoms with Crippen LogP contribution in [-0.4, -0.2) is 58.6 Å². The van der Waals surface area contributed by atoms with E-state index in [-0.39, 0.29) is 13.2 Å². The standard InChI is InChI=1S/C22H32N4O5/c1-22(2,3)18(19(28)23-10-11-27)24-20(29)26-17-7-5-4-6-16(17)25(21(26)30)14-15-8-12-31-13-9-15/h4-7,15,18,27H,8-14H2,1-3H3,(H,23,28)(H,24,29)/t18-/m1/s1. The fourth-order valence-electron chi connectivity index (χ4n) is 3.91. The van der Waals surface area contributed by atoms with Gasteiger partial charge in [0.15, 0.2) is 0 Å². The van der Waals surface area contributed by atoms with E-state index in [2.05, 4.69) is 10.6 Å². The fraction of sp³-hybridized carbons (Fsp3) is 0.591. The summed E-state index contributed by atoms with van der Waals surface area (Å²) in [5.41, 5.74) is 0.166. The number of amides is 2. The van der Waals surface area contributed by atoms with Gasteiger partial charge in [0.1, 0.15) is 6.04 Å². The Balaban J connectivity index is 1.93. The second-order valence-electron chi connectivity index (χ2n) is 9.04. The van der Waals surface area contributed by atoms with E-state index in [1.807, 2.05) is 32.9 Å². The summed E-state index contributed by atoms with van der Waals surface area (Å²) in [5, 5.41) is 14.3. The highest BCUT2D eigenvalue weighted by Crippen LogP contribution is 2.22. The molecule has 3 N–H and O–H groups in total. The van der Waals surface area contributed by atoms with Crippen molar-refractivity contribution in [3.8, 4) is 0 Å². The van der Waals surface area contributed by atoms with Gasteiger partial charge in [0, 0.05) is 26.3 Å². The van der Waals surface area contributed by atoms with Crippen LogP contribution in [0.15, 0.2) is 29.1 Å². The Hall–Kier alpha value is -2.65. The van der Waals surface area contributed by atoms with Crippen molar-refractivity contribution in [2.24, 2.45) is 11.3 Å². The zero-order valence-corrected chi connectivity index (χ0v) is 18.4. The van der Waals surface area contributed by atoms with Gasteiger partial charge < -0.3 is 20.5 Å². The Kier molecular flexibility index (Phi) is 7.17. The molecule has 1 aromatic carbocycles. The molecule has 9 nitrogen and oxygen atoms in total. The lowest BCUT2D eigenvalue weighted by molar-refractivity contribution is -0.125. The highest BCUT2D eigenvalue weighted by Gasteiger charge is 2.34. The van der Waals surface area contributed by atoms with Crippen LogP contribution in [0.25, 0.3) is 11.0 Å². The summed E-state index contributed by atoms with van der Waals surface area (Å²) in [5.74, 6) is -0.103. The smallest absolute Gasteiger partial charge is 0.337 e. The van der Waals surface area contributed by atoms with E-state index in [0.29, 0.717) is 36.7 Å². The molecule has 0 radical (unpaired) electrons. The van der Waals surface area contributed by atoms with Crippen LogP contribution < -0.4 is 16.3 Å². The molecule has 2 aromatic rings. The number of carbonyl (C=O) groups is 2. The topological polar surface area (TPSA) is 115 Å². The summed E-state index contributed by atoms with van der Waals surface area (Å²) in [6.07, 6.45) is 1.74. The van der Waals surface area contributed by atoms with E-state index in [1.54, 1.807) is 16.7 Å². The SMILES string of the molecule is CC(C)(C)[C@H](NC(=O)n1c(=O)n(CC2CCOCC2)c2ccccc21)C(=O)NCCO. The summed E-state index contributed by atoms with van der Waals surface area (Å²) < 4.78 is 8.16. The van der Waals surface area contributed by atoms with Crippen LogP contribution in [0.5, 0.6) is 0 Å². The second-order valence-corrected chi connectivity index (χ2v) is 9.04. The number of ether oxygens (including phenoxy) is 1. The molecule has 2 heterocycles. The molecule has 0 spiro atoms. The zero-order valence-electron chi connectivity index (χ0n) is 18.4. The third-order valence-corrected chi connectivity index (χ3v) is 5.63. The summed E-state index contributed by atoms with van der Waals surface area (Å²) in [6, 6.07) is 5.65. The lowest BCUT2D eigenvalue weighted by atomic mass is 9.86. The molecule has 1 saturated heterocycles. The Bertz CT molecular complexity index is 982. The number of fused-ring (bicyclic) bond motifs is 1. The minimum Gasteiger partial charge on any atom is -0.395 e. The molecule has 3 rings (SSSR count). The fourth-order valence-corrected chi connectivity index (χ4v) is 3.91. The summed E-state index contributed by atoms with van der Waals surface area (Å²) >= 11 is 0. The van der Waals surface area contributed by atoms with Crippen LogP contribution in [0.3, 0.4) is 0 Å². The first-order valence-corrected chi connectivity index (χ1v) is 10.7. The quantitative estimate of drug-likeness (QED) is 0.637. The molecule has 31 heavy (non-hydrogen) atoms. The summed E-state index contributed by atoms with van der Waals surface area (Å²) in [7, 11) is 0. The molecule has 170 valence electrons. The number of carbonyl (C=O) groups excluding carboxylic acids is 2. The molecule has 0 bridgehead atoms. The van der Waals surface area contributed by atoms with E-state index in [1.165, 1.54) is 0 Å². The maximum atomic E-state index is 13.3. The number of aliphatic hydroxyl groups is 1. The van der Waals surface area contributed by atoms with Gasteiger partial charge in [-0.1, -0.05) is 32.9 Å². The molecule has 0 saturated carbocycles. The number of aliphatic hydroxyl groups excluding tert-OH is 1.